The lowest BCUT2D eigenvalue weighted by Crippen LogP contribution is -2.57. The highest BCUT2D eigenvalue weighted by atomic mass is 19.4. The van der Waals surface area contributed by atoms with E-state index >= 15 is 0 Å². The van der Waals surface area contributed by atoms with E-state index in [4.69, 9.17) is 5.11 Å². The number of alkyl halides is 3. The lowest BCUT2D eigenvalue weighted by Gasteiger charge is -2.30. The van der Waals surface area contributed by atoms with Crippen molar-refractivity contribution in [2.24, 2.45) is 5.92 Å². The number of nitrogens with one attached hydrogen (secondary N) is 2. The Hall–Kier alpha value is -2.29. The Labute approximate surface area is 143 Å². The Morgan fingerprint density at radius 2 is 1.68 bits per heavy atom. The summed E-state index contributed by atoms with van der Waals surface area (Å²) in [6.07, 6.45) is -9.17. The number of carboxylic acid groups (broad SMARTS) is 1. The molecule has 0 heterocycles. The van der Waals surface area contributed by atoms with E-state index in [1.54, 1.807) is 30.3 Å². The highest BCUT2D eigenvalue weighted by Gasteiger charge is 2.45. The van der Waals surface area contributed by atoms with E-state index in [9.17, 15) is 27.9 Å². The number of rotatable bonds is 7. The van der Waals surface area contributed by atoms with Gasteiger partial charge in [-0.05, 0) is 11.5 Å². The standard InChI is InChI=1S/C16H21F3N2O4/c1-9(2)12(13(22)16(17,18)19)21-14(23)11(20-15(24)25)8-10-6-4-3-5-7-10/h3-7,9,11-13,20,22H,8H2,1-2H3,(H,21,23)(H,24,25)/t11-,12-,13-/m0/s1. The lowest BCUT2D eigenvalue weighted by molar-refractivity contribution is -0.215. The number of aliphatic hydroxyl groups excluding tert-OH is 1. The van der Waals surface area contributed by atoms with Crippen LogP contribution in [-0.4, -0.2) is 46.6 Å². The first-order chi connectivity index (χ1) is 11.5. The minimum absolute atomic E-state index is 0.0358. The molecule has 0 aliphatic rings. The normalized spacial score (nSPS) is 15.3. The van der Waals surface area contributed by atoms with Crippen LogP contribution in [-0.2, 0) is 11.2 Å². The summed E-state index contributed by atoms with van der Waals surface area (Å²) in [5.41, 5.74) is 0.633. The largest absolute Gasteiger partial charge is 0.465 e. The second-order valence-electron chi connectivity index (χ2n) is 5.96. The second kappa shape index (κ2) is 8.70. The van der Waals surface area contributed by atoms with E-state index in [0.29, 0.717) is 5.56 Å². The molecule has 0 spiro atoms. The van der Waals surface area contributed by atoms with Crippen molar-refractivity contribution in [1.82, 2.24) is 10.6 Å². The molecule has 3 atom stereocenters. The molecular formula is C16H21F3N2O4. The van der Waals surface area contributed by atoms with Crippen molar-refractivity contribution in [2.45, 2.75) is 44.6 Å². The predicted octanol–water partition coefficient (Wildman–Crippen LogP) is 1.93. The zero-order valence-corrected chi connectivity index (χ0v) is 13.7. The first kappa shape index (κ1) is 20.8. The Morgan fingerprint density at radius 3 is 2.12 bits per heavy atom. The number of halogens is 3. The molecule has 0 fully saturated rings. The van der Waals surface area contributed by atoms with Crippen LogP contribution in [0.15, 0.2) is 30.3 Å². The highest BCUT2D eigenvalue weighted by Crippen LogP contribution is 2.25. The molecule has 2 amide bonds. The third-order valence-corrected chi connectivity index (χ3v) is 3.60. The highest BCUT2D eigenvalue weighted by molar-refractivity contribution is 5.85. The first-order valence-corrected chi connectivity index (χ1v) is 7.61. The number of benzene rings is 1. The summed E-state index contributed by atoms with van der Waals surface area (Å²) in [6.45, 7) is 2.83. The minimum atomic E-state index is -4.91. The average molecular weight is 362 g/mol. The molecule has 1 aromatic carbocycles. The maximum atomic E-state index is 12.8. The molecule has 0 radical (unpaired) electrons. The van der Waals surface area contributed by atoms with Gasteiger partial charge in [-0.2, -0.15) is 13.2 Å². The molecule has 25 heavy (non-hydrogen) atoms. The van der Waals surface area contributed by atoms with E-state index < -0.39 is 42.3 Å². The summed E-state index contributed by atoms with van der Waals surface area (Å²) in [6, 6.07) is 5.55. The molecule has 0 saturated heterocycles. The smallest absolute Gasteiger partial charge is 0.416 e. The Bertz CT molecular complexity index is 578. The zero-order chi connectivity index (χ0) is 19.2. The zero-order valence-electron chi connectivity index (χ0n) is 13.7. The average Bonchev–Trinajstić information content (AvgIpc) is 2.50. The lowest BCUT2D eigenvalue weighted by atomic mass is 9.97. The molecule has 0 aliphatic heterocycles. The van der Waals surface area contributed by atoms with Crippen molar-refractivity contribution < 1.29 is 33.0 Å². The summed E-state index contributed by atoms with van der Waals surface area (Å²) in [5.74, 6) is -1.66. The second-order valence-corrected chi connectivity index (χ2v) is 5.96. The molecule has 1 aromatic rings. The van der Waals surface area contributed by atoms with Crippen LogP contribution in [0.1, 0.15) is 19.4 Å². The fourth-order valence-corrected chi connectivity index (χ4v) is 2.29. The predicted molar refractivity (Wildman–Crippen MR) is 83.9 cm³/mol. The topological polar surface area (TPSA) is 98.7 Å². The Morgan fingerprint density at radius 1 is 1.12 bits per heavy atom. The van der Waals surface area contributed by atoms with Crippen LogP contribution in [0.4, 0.5) is 18.0 Å². The summed E-state index contributed by atoms with van der Waals surface area (Å²) in [5, 5.41) is 22.4. The van der Waals surface area contributed by atoms with Crippen molar-refractivity contribution >= 4 is 12.0 Å². The Balaban J connectivity index is 2.93. The molecule has 0 aliphatic carbocycles. The summed E-state index contributed by atoms with van der Waals surface area (Å²) < 4.78 is 38.3. The first-order valence-electron chi connectivity index (χ1n) is 7.61. The number of carbonyl (C=O) groups is 2. The van der Waals surface area contributed by atoms with Crippen LogP contribution >= 0.6 is 0 Å². The van der Waals surface area contributed by atoms with Crippen molar-refractivity contribution in [1.29, 1.82) is 0 Å². The number of hydrogen-bond donors (Lipinski definition) is 4. The summed E-state index contributed by atoms with van der Waals surface area (Å²) in [4.78, 5) is 23.2. The third-order valence-electron chi connectivity index (χ3n) is 3.60. The van der Waals surface area contributed by atoms with Gasteiger partial charge in [-0.3, -0.25) is 4.79 Å². The number of amides is 2. The Kier molecular flexibility index (Phi) is 7.22. The van der Waals surface area contributed by atoms with Gasteiger partial charge < -0.3 is 20.8 Å². The van der Waals surface area contributed by atoms with Gasteiger partial charge in [0.05, 0.1) is 6.04 Å². The van der Waals surface area contributed by atoms with Crippen LogP contribution in [0, 0.1) is 5.92 Å². The minimum Gasteiger partial charge on any atom is -0.465 e. The molecule has 1 rings (SSSR count). The van der Waals surface area contributed by atoms with Crippen LogP contribution in [0.2, 0.25) is 0 Å². The van der Waals surface area contributed by atoms with Gasteiger partial charge >= 0.3 is 12.3 Å². The maximum absolute atomic E-state index is 12.8. The van der Waals surface area contributed by atoms with Crippen LogP contribution in [0.25, 0.3) is 0 Å². The molecule has 0 saturated carbocycles. The fourth-order valence-electron chi connectivity index (χ4n) is 2.29. The van der Waals surface area contributed by atoms with Gasteiger partial charge in [0.25, 0.3) is 0 Å². The molecule has 140 valence electrons. The summed E-state index contributed by atoms with van der Waals surface area (Å²) in [7, 11) is 0. The van der Waals surface area contributed by atoms with Gasteiger partial charge in [0, 0.05) is 6.42 Å². The van der Waals surface area contributed by atoms with Gasteiger partial charge in [-0.1, -0.05) is 44.2 Å². The number of hydrogen-bond acceptors (Lipinski definition) is 3. The van der Waals surface area contributed by atoms with Crippen molar-refractivity contribution in [3.05, 3.63) is 35.9 Å². The SMILES string of the molecule is CC(C)[C@H](NC(=O)[C@H](Cc1ccccc1)NC(=O)O)[C@H](O)C(F)(F)F. The maximum Gasteiger partial charge on any atom is 0.416 e. The summed E-state index contributed by atoms with van der Waals surface area (Å²) >= 11 is 0. The van der Waals surface area contributed by atoms with Gasteiger partial charge in [0.1, 0.15) is 6.04 Å². The molecule has 0 bridgehead atoms. The van der Waals surface area contributed by atoms with Crippen molar-refractivity contribution in [2.75, 3.05) is 0 Å². The van der Waals surface area contributed by atoms with Crippen molar-refractivity contribution in [3.63, 3.8) is 0 Å². The molecule has 0 unspecified atom stereocenters. The fraction of sp³-hybridized carbons (Fsp3) is 0.500. The molecule has 6 nitrogen and oxygen atoms in total. The van der Waals surface area contributed by atoms with Gasteiger partial charge in [0.15, 0.2) is 6.10 Å². The molecule has 9 heteroatoms. The van der Waals surface area contributed by atoms with E-state index in [2.05, 4.69) is 5.32 Å². The number of carbonyl (C=O) groups excluding carboxylic acids is 1. The van der Waals surface area contributed by atoms with Gasteiger partial charge in [0.2, 0.25) is 5.91 Å². The van der Waals surface area contributed by atoms with Crippen LogP contribution < -0.4 is 10.6 Å². The molecule has 4 N–H and O–H groups in total. The van der Waals surface area contributed by atoms with E-state index in [1.165, 1.54) is 13.8 Å². The van der Waals surface area contributed by atoms with Gasteiger partial charge in [-0.25, -0.2) is 4.79 Å². The third kappa shape index (κ3) is 6.61. The van der Waals surface area contributed by atoms with E-state index in [1.807, 2.05) is 5.32 Å². The van der Waals surface area contributed by atoms with Crippen molar-refractivity contribution in [3.8, 4) is 0 Å². The van der Waals surface area contributed by atoms with Gasteiger partial charge in [-0.15, -0.1) is 0 Å². The molecular weight excluding hydrogens is 341 g/mol. The van der Waals surface area contributed by atoms with Crippen LogP contribution in [0.3, 0.4) is 0 Å². The van der Waals surface area contributed by atoms with Crippen LogP contribution in [0.5, 0.6) is 0 Å². The quantitative estimate of drug-likeness (QED) is 0.596. The molecule has 0 aromatic heterocycles. The van der Waals surface area contributed by atoms with E-state index in [-0.39, 0.29) is 6.42 Å². The van der Waals surface area contributed by atoms with E-state index in [0.717, 1.165) is 0 Å². The number of aliphatic hydroxyl groups is 1. The monoisotopic (exact) mass is 362 g/mol.